The van der Waals surface area contributed by atoms with Crippen LogP contribution in [0.4, 0.5) is 4.79 Å². The molecule has 7 heteroatoms. The van der Waals surface area contributed by atoms with E-state index < -0.39 is 18.1 Å². The van der Waals surface area contributed by atoms with E-state index in [-0.39, 0.29) is 30.9 Å². The molecule has 1 unspecified atom stereocenters. The second-order valence-corrected chi connectivity index (χ2v) is 8.47. The van der Waals surface area contributed by atoms with Crippen LogP contribution in [-0.4, -0.2) is 53.2 Å². The van der Waals surface area contributed by atoms with Crippen LogP contribution in [-0.2, 0) is 14.3 Å². The van der Waals surface area contributed by atoms with Crippen molar-refractivity contribution in [1.29, 1.82) is 0 Å². The van der Waals surface area contributed by atoms with Crippen molar-refractivity contribution in [2.75, 3.05) is 13.2 Å². The Balaban J connectivity index is 1.37. The molecule has 32 heavy (non-hydrogen) atoms. The summed E-state index contributed by atoms with van der Waals surface area (Å²) in [6.07, 6.45) is 1.66. The molecule has 168 valence electrons. The van der Waals surface area contributed by atoms with E-state index in [2.05, 4.69) is 17.4 Å². The van der Waals surface area contributed by atoms with E-state index in [0.29, 0.717) is 13.0 Å². The summed E-state index contributed by atoms with van der Waals surface area (Å²) >= 11 is 0. The van der Waals surface area contributed by atoms with Gasteiger partial charge in [-0.25, -0.2) is 4.79 Å². The zero-order valence-electron chi connectivity index (χ0n) is 18.1. The topological polar surface area (TPSA) is 95.9 Å². The Morgan fingerprint density at radius 1 is 1.06 bits per heavy atom. The van der Waals surface area contributed by atoms with Crippen molar-refractivity contribution in [3.8, 4) is 11.1 Å². The normalized spacial score (nSPS) is 18.4. The molecule has 0 radical (unpaired) electrons. The molecule has 4 rings (SSSR count). The molecule has 0 spiro atoms. The zero-order valence-corrected chi connectivity index (χ0v) is 18.1. The third-order valence-electron chi connectivity index (χ3n) is 6.37. The highest BCUT2D eigenvalue weighted by Gasteiger charge is 2.33. The number of carbonyl (C=O) groups is 3. The first-order valence-electron chi connectivity index (χ1n) is 11.1. The number of piperidine rings is 1. The van der Waals surface area contributed by atoms with E-state index in [1.807, 2.05) is 36.4 Å². The Labute approximate surface area is 187 Å². The molecule has 2 atom stereocenters. The first-order chi connectivity index (χ1) is 15.5. The molecule has 1 aliphatic heterocycles. The maximum atomic E-state index is 12.9. The summed E-state index contributed by atoms with van der Waals surface area (Å²) in [5.74, 6) is -1.25. The highest BCUT2D eigenvalue weighted by molar-refractivity contribution is 5.86. The number of nitrogens with zero attached hydrogens (tertiary/aromatic N) is 1. The zero-order chi connectivity index (χ0) is 22.7. The van der Waals surface area contributed by atoms with Crippen molar-refractivity contribution in [3.05, 3.63) is 59.7 Å². The summed E-state index contributed by atoms with van der Waals surface area (Å²) in [4.78, 5) is 38.1. The lowest BCUT2D eigenvalue weighted by Gasteiger charge is -2.36. The molecule has 1 heterocycles. The maximum absolute atomic E-state index is 12.9. The number of ether oxygens (including phenoxy) is 1. The standard InChI is InChI=1S/C25H28N2O5/c1-16(24(30)27-13-7-6-8-17(27)14-23(28)29)26-25(31)32-15-22-20-11-4-2-9-18(20)19-10-3-5-12-21(19)22/h2-5,9-12,16-17,22H,6-8,13-15H2,1H3,(H,26,31)(H,28,29)/t16?,17-/m0/s1. The van der Waals surface area contributed by atoms with Gasteiger partial charge in [0.1, 0.15) is 12.6 Å². The summed E-state index contributed by atoms with van der Waals surface area (Å²) in [6, 6.07) is 15.1. The number of fused-ring (bicyclic) bond motifs is 3. The van der Waals surface area contributed by atoms with E-state index in [1.165, 1.54) is 0 Å². The van der Waals surface area contributed by atoms with Crippen LogP contribution in [0.3, 0.4) is 0 Å². The van der Waals surface area contributed by atoms with E-state index in [9.17, 15) is 14.4 Å². The van der Waals surface area contributed by atoms with Gasteiger partial charge in [0.05, 0.1) is 6.42 Å². The summed E-state index contributed by atoms with van der Waals surface area (Å²) in [5, 5.41) is 11.8. The number of alkyl carbamates (subject to hydrolysis) is 1. The number of nitrogens with one attached hydrogen (secondary N) is 1. The second-order valence-electron chi connectivity index (χ2n) is 8.47. The predicted octanol–water partition coefficient (Wildman–Crippen LogP) is 3.77. The third-order valence-corrected chi connectivity index (χ3v) is 6.37. The van der Waals surface area contributed by atoms with Gasteiger partial charge in [-0.15, -0.1) is 0 Å². The Morgan fingerprint density at radius 3 is 2.31 bits per heavy atom. The van der Waals surface area contributed by atoms with Gasteiger partial charge in [0, 0.05) is 18.5 Å². The summed E-state index contributed by atoms with van der Waals surface area (Å²) < 4.78 is 5.52. The number of likely N-dealkylation sites (tertiary alicyclic amines) is 1. The molecule has 1 saturated heterocycles. The summed E-state index contributed by atoms with van der Waals surface area (Å²) in [5.41, 5.74) is 4.54. The van der Waals surface area contributed by atoms with Crippen LogP contribution in [0, 0.1) is 0 Å². The highest BCUT2D eigenvalue weighted by Crippen LogP contribution is 2.44. The number of rotatable bonds is 6. The lowest BCUT2D eigenvalue weighted by Crippen LogP contribution is -2.52. The van der Waals surface area contributed by atoms with Gasteiger partial charge in [0.25, 0.3) is 0 Å². The predicted molar refractivity (Wildman–Crippen MR) is 119 cm³/mol. The van der Waals surface area contributed by atoms with Crippen LogP contribution in [0.1, 0.15) is 49.7 Å². The number of carbonyl (C=O) groups excluding carboxylic acids is 2. The number of benzene rings is 2. The van der Waals surface area contributed by atoms with Crippen molar-refractivity contribution in [3.63, 3.8) is 0 Å². The Bertz CT molecular complexity index is 975. The SMILES string of the molecule is CC(NC(=O)OCC1c2ccccc2-c2ccccc21)C(=O)N1CCCC[C@H]1CC(=O)O. The van der Waals surface area contributed by atoms with Gasteiger partial charge in [-0.05, 0) is 48.4 Å². The number of amides is 2. The number of aliphatic carboxylic acids is 1. The van der Waals surface area contributed by atoms with Gasteiger partial charge in [0.2, 0.25) is 5.91 Å². The van der Waals surface area contributed by atoms with Crippen LogP contribution in [0.25, 0.3) is 11.1 Å². The fourth-order valence-electron chi connectivity index (χ4n) is 4.83. The molecule has 0 saturated carbocycles. The Kier molecular flexibility index (Phi) is 6.44. The monoisotopic (exact) mass is 436 g/mol. The molecule has 0 bridgehead atoms. The van der Waals surface area contributed by atoms with Crippen LogP contribution >= 0.6 is 0 Å². The van der Waals surface area contributed by atoms with Gasteiger partial charge >= 0.3 is 12.1 Å². The van der Waals surface area contributed by atoms with Crippen molar-refractivity contribution in [2.45, 2.75) is 50.6 Å². The largest absolute Gasteiger partial charge is 0.481 e. The molecule has 2 amide bonds. The van der Waals surface area contributed by atoms with Crippen LogP contribution in [0.15, 0.2) is 48.5 Å². The van der Waals surface area contributed by atoms with Gasteiger partial charge in [-0.1, -0.05) is 48.5 Å². The lowest BCUT2D eigenvalue weighted by atomic mass is 9.98. The number of carboxylic acids is 1. The quantitative estimate of drug-likeness (QED) is 0.719. The third kappa shape index (κ3) is 4.47. The van der Waals surface area contributed by atoms with Crippen molar-refractivity contribution >= 4 is 18.0 Å². The number of hydrogen-bond donors (Lipinski definition) is 2. The maximum Gasteiger partial charge on any atom is 0.407 e. The summed E-state index contributed by atoms with van der Waals surface area (Å²) in [6.45, 7) is 2.29. The Morgan fingerprint density at radius 2 is 1.69 bits per heavy atom. The van der Waals surface area contributed by atoms with Gasteiger partial charge in [-0.3, -0.25) is 9.59 Å². The van der Waals surface area contributed by atoms with E-state index in [1.54, 1.807) is 11.8 Å². The van der Waals surface area contributed by atoms with Crippen molar-refractivity contribution in [2.24, 2.45) is 0 Å². The summed E-state index contributed by atoms with van der Waals surface area (Å²) in [7, 11) is 0. The molecule has 1 aliphatic carbocycles. The van der Waals surface area contributed by atoms with Gasteiger partial charge in [0.15, 0.2) is 0 Å². The molecule has 2 aromatic rings. The van der Waals surface area contributed by atoms with Crippen LogP contribution in [0.2, 0.25) is 0 Å². The molecule has 2 aliphatic rings. The fourth-order valence-corrected chi connectivity index (χ4v) is 4.83. The number of carboxylic acid groups (broad SMARTS) is 1. The van der Waals surface area contributed by atoms with Gasteiger partial charge in [-0.2, -0.15) is 0 Å². The van der Waals surface area contributed by atoms with Crippen molar-refractivity contribution < 1.29 is 24.2 Å². The van der Waals surface area contributed by atoms with E-state index >= 15 is 0 Å². The minimum Gasteiger partial charge on any atom is -0.481 e. The molecule has 2 aromatic carbocycles. The molecular formula is C25H28N2O5. The minimum atomic E-state index is -0.924. The number of hydrogen-bond acceptors (Lipinski definition) is 4. The van der Waals surface area contributed by atoms with Gasteiger partial charge < -0.3 is 20.1 Å². The lowest BCUT2D eigenvalue weighted by molar-refractivity contribution is -0.142. The molecule has 1 fully saturated rings. The Hall–Kier alpha value is -3.35. The molecular weight excluding hydrogens is 408 g/mol. The molecule has 0 aromatic heterocycles. The van der Waals surface area contributed by atoms with E-state index in [4.69, 9.17) is 9.84 Å². The molecule has 2 N–H and O–H groups in total. The van der Waals surface area contributed by atoms with Crippen molar-refractivity contribution in [1.82, 2.24) is 10.2 Å². The fraction of sp³-hybridized carbons (Fsp3) is 0.400. The smallest absolute Gasteiger partial charge is 0.407 e. The highest BCUT2D eigenvalue weighted by atomic mass is 16.5. The first kappa shape index (κ1) is 21.9. The van der Waals surface area contributed by atoms with Crippen LogP contribution in [0.5, 0.6) is 0 Å². The first-order valence-corrected chi connectivity index (χ1v) is 11.1. The second kappa shape index (κ2) is 9.42. The van der Waals surface area contributed by atoms with E-state index in [0.717, 1.165) is 35.1 Å². The minimum absolute atomic E-state index is 0.0544. The molecule has 7 nitrogen and oxygen atoms in total. The average Bonchev–Trinajstić information content (AvgIpc) is 3.11. The average molecular weight is 437 g/mol. The van der Waals surface area contributed by atoms with Crippen LogP contribution < -0.4 is 5.32 Å².